The van der Waals surface area contributed by atoms with Crippen LogP contribution in [0.2, 0.25) is 0 Å². The van der Waals surface area contributed by atoms with E-state index in [0.29, 0.717) is 6.04 Å². The van der Waals surface area contributed by atoms with Crippen molar-refractivity contribution in [1.29, 1.82) is 0 Å². The molecule has 2 unspecified atom stereocenters. The van der Waals surface area contributed by atoms with Crippen LogP contribution >= 0.6 is 11.8 Å². The molecule has 2 aromatic rings. The van der Waals surface area contributed by atoms with Crippen molar-refractivity contribution in [2.45, 2.75) is 37.1 Å². The van der Waals surface area contributed by atoms with E-state index in [0.717, 1.165) is 17.3 Å². The van der Waals surface area contributed by atoms with Crippen molar-refractivity contribution in [1.82, 2.24) is 10.3 Å². The lowest BCUT2D eigenvalue weighted by molar-refractivity contribution is 0.526. The molecule has 0 bridgehead atoms. The van der Waals surface area contributed by atoms with E-state index in [4.69, 9.17) is 0 Å². The summed E-state index contributed by atoms with van der Waals surface area (Å²) in [6, 6.07) is 11.2. The topological polar surface area (TPSA) is 24.9 Å². The van der Waals surface area contributed by atoms with Gasteiger partial charge >= 0.3 is 0 Å². The van der Waals surface area contributed by atoms with Crippen molar-refractivity contribution in [2.24, 2.45) is 0 Å². The first kappa shape index (κ1) is 12.9. The Morgan fingerprint density at radius 1 is 1.26 bits per heavy atom. The molecule has 1 fully saturated rings. The summed E-state index contributed by atoms with van der Waals surface area (Å²) in [6.07, 6.45) is 8.12. The first-order chi connectivity index (χ1) is 9.36. The van der Waals surface area contributed by atoms with Crippen molar-refractivity contribution in [2.75, 3.05) is 6.26 Å². The number of thioether (sulfide) groups is 1. The van der Waals surface area contributed by atoms with Crippen molar-refractivity contribution in [3.05, 3.63) is 42.1 Å². The van der Waals surface area contributed by atoms with Gasteiger partial charge in [-0.15, -0.1) is 0 Å². The van der Waals surface area contributed by atoms with Gasteiger partial charge in [-0.3, -0.25) is 4.98 Å². The molecule has 2 atom stereocenters. The molecule has 100 valence electrons. The van der Waals surface area contributed by atoms with Gasteiger partial charge in [-0.2, -0.15) is 11.8 Å². The van der Waals surface area contributed by atoms with Crippen LogP contribution in [-0.4, -0.2) is 22.5 Å². The predicted octanol–water partition coefficient (Wildman–Crippen LogP) is 3.61. The van der Waals surface area contributed by atoms with Crippen LogP contribution < -0.4 is 5.32 Å². The Morgan fingerprint density at radius 2 is 2.16 bits per heavy atom. The zero-order chi connectivity index (χ0) is 13.1. The summed E-state index contributed by atoms with van der Waals surface area (Å²) in [7, 11) is 0. The van der Waals surface area contributed by atoms with Crippen LogP contribution in [0.5, 0.6) is 0 Å². The zero-order valence-electron chi connectivity index (χ0n) is 11.3. The quantitative estimate of drug-likeness (QED) is 0.920. The average molecular weight is 272 g/mol. The first-order valence-electron chi connectivity index (χ1n) is 6.95. The average Bonchev–Trinajstić information content (AvgIpc) is 2.93. The molecule has 1 aromatic carbocycles. The molecule has 0 radical (unpaired) electrons. The number of hydrogen-bond donors (Lipinski definition) is 1. The Morgan fingerprint density at radius 3 is 3.00 bits per heavy atom. The fourth-order valence-corrected chi connectivity index (χ4v) is 3.70. The van der Waals surface area contributed by atoms with Gasteiger partial charge in [0.2, 0.25) is 0 Å². The Hall–Kier alpha value is -1.06. The Bertz CT molecular complexity index is 550. The van der Waals surface area contributed by atoms with Crippen LogP contribution in [0, 0.1) is 0 Å². The molecule has 3 rings (SSSR count). The summed E-state index contributed by atoms with van der Waals surface area (Å²) in [6.45, 7) is 0.953. The van der Waals surface area contributed by atoms with Gasteiger partial charge in [-0.25, -0.2) is 0 Å². The summed E-state index contributed by atoms with van der Waals surface area (Å²) >= 11 is 2.01. The maximum absolute atomic E-state index is 4.42. The van der Waals surface area contributed by atoms with Crippen LogP contribution in [-0.2, 0) is 6.54 Å². The van der Waals surface area contributed by atoms with Crippen molar-refractivity contribution in [3.8, 4) is 0 Å². The molecule has 1 saturated carbocycles. The van der Waals surface area contributed by atoms with Gasteiger partial charge in [0, 0.05) is 29.4 Å². The van der Waals surface area contributed by atoms with Crippen molar-refractivity contribution in [3.63, 3.8) is 0 Å². The summed E-state index contributed by atoms with van der Waals surface area (Å²) in [5, 5.41) is 5.84. The standard InChI is InChI=1S/C16H20N2S/c1-19-14-7-6-13(10-14)18-11-12-8-9-17-16-5-3-2-4-15(12)16/h2-5,8-9,13-14,18H,6-7,10-11H2,1H3. The normalized spacial score (nSPS) is 23.0. The molecular weight excluding hydrogens is 252 g/mol. The number of fused-ring (bicyclic) bond motifs is 1. The molecule has 1 aromatic heterocycles. The second-order valence-corrected chi connectivity index (χ2v) is 6.37. The number of nitrogens with zero attached hydrogens (tertiary/aromatic N) is 1. The van der Waals surface area contributed by atoms with Crippen LogP contribution in [0.15, 0.2) is 36.5 Å². The molecule has 0 spiro atoms. The third kappa shape index (κ3) is 2.93. The number of aromatic nitrogens is 1. The fourth-order valence-electron chi connectivity index (χ4n) is 2.90. The molecule has 0 saturated heterocycles. The van der Waals surface area contributed by atoms with Gasteiger partial charge in [-0.05, 0) is 43.2 Å². The smallest absolute Gasteiger partial charge is 0.0705 e. The van der Waals surface area contributed by atoms with E-state index in [1.807, 2.05) is 24.0 Å². The lowest BCUT2D eigenvalue weighted by Gasteiger charge is -2.13. The second kappa shape index (κ2) is 5.93. The highest BCUT2D eigenvalue weighted by atomic mass is 32.2. The fraction of sp³-hybridized carbons (Fsp3) is 0.438. The zero-order valence-corrected chi connectivity index (χ0v) is 12.1. The van der Waals surface area contributed by atoms with E-state index in [-0.39, 0.29) is 0 Å². The van der Waals surface area contributed by atoms with E-state index >= 15 is 0 Å². The van der Waals surface area contributed by atoms with Gasteiger partial charge in [-0.1, -0.05) is 18.2 Å². The number of para-hydroxylation sites is 1. The van der Waals surface area contributed by atoms with Gasteiger partial charge in [0.1, 0.15) is 0 Å². The van der Waals surface area contributed by atoms with Crippen LogP contribution in [0.3, 0.4) is 0 Å². The highest BCUT2D eigenvalue weighted by Gasteiger charge is 2.23. The highest BCUT2D eigenvalue weighted by molar-refractivity contribution is 7.99. The molecule has 0 amide bonds. The minimum Gasteiger partial charge on any atom is -0.310 e. The molecule has 1 heterocycles. The van der Waals surface area contributed by atoms with E-state index in [2.05, 4.69) is 40.8 Å². The SMILES string of the molecule is CSC1CCC(NCc2ccnc3ccccc23)C1. The number of nitrogens with one attached hydrogen (secondary N) is 1. The van der Waals surface area contributed by atoms with Crippen LogP contribution in [0.25, 0.3) is 10.9 Å². The Kier molecular flexibility index (Phi) is 4.04. The third-order valence-electron chi connectivity index (χ3n) is 4.04. The molecular formula is C16H20N2S. The number of benzene rings is 1. The number of rotatable bonds is 4. The molecule has 1 N–H and O–H groups in total. The highest BCUT2D eigenvalue weighted by Crippen LogP contribution is 2.28. The molecule has 3 heteroatoms. The van der Waals surface area contributed by atoms with Gasteiger partial charge in [0.15, 0.2) is 0 Å². The Balaban J connectivity index is 1.69. The third-order valence-corrected chi connectivity index (χ3v) is 5.13. The number of pyridine rings is 1. The first-order valence-corrected chi connectivity index (χ1v) is 8.24. The molecule has 1 aliphatic rings. The van der Waals surface area contributed by atoms with E-state index in [1.165, 1.54) is 30.2 Å². The number of hydrogen-bond acceptors (Lipinski definition) is 3. The lowest BCUT2D eigenvalue weighted by Crippen LogP contribution is -2.26. The predicted molar refractivity (Wildman–Crippen MR) is 83.5 cm³/mol. The summed E-state index contributed by atoms with van der Waals surface area (Å²) < 4.78 is 0. The molecule has 2 nitrogen and oxygen atoms in total. The minimum atomic E-state index is 0.685. The van der Waals surface area contributed by atoms with Gasteiger partial charge in [0.05, 0.1) is 5.52 Å². The van der Waals surface area contributed by atoms with Crippen LogP contribution in [0.4, 0.5) is 0 Å². The lowest BCUT2D eigenvalue weighted by atomic mass is 10.1. The second-order valence-electron chi connectivity index (χ2n) is 5.24. The summed E-state index contributed by atoms with van der Waals surface area (Å²) in [5.74, 6) is 0. The maximum atomic E-state index is 4.42. The largest absolute Gasteiger partial charge is 0.310 e. The minimum absolute atomic E-state index is 0.685. The molecule has 1 aliphatic carbocycles. The summed E-state index contributed by atoms with van der Waals surface area (Å²) in [4.78, 5) is 4.42. The molecule has 19 heavy (non-hydrogen) atoms. The maximum Gasteiger partial charge on any atom is 0.0705 e. The van der Waals surface area contributed by atoms with Crippen LogP contribution in [0.1, 0.15) is 24.8 Å². The van der Waals surface area contributed by atoms with Crippen molar-refractivity contribution < 1.29 is 0 Å². The Labute approximate surface area is 119 Å². The molecule has 0 aliphatic heterocycles. The summed E-state index contributed by atoms with van der Waals surface area (Å²) in [5.41, 5.74) is 2.45. The monoisotopic (exact) mass is 272 g/mol. The van der Waals surface area contributed by atoms with E-state index in [9.17, 15) is 0 Å². The van der Waals surface area contributed by atoms with E-state index in [1.54, 1.807) is 0 Å². The van der Waals surface area contributed by atoms with Gasteiger partial charge < -0.3 is 5.32 Å². The van der Waals surface area contributed by atoms with Crippen molar-refractivity contribution >= 4 is 22.7 Å². The van der Waals surface area contributed by atoms with E-state index < -0.39 is 0 Å². The van der Waals surface area contributed by atoms with Gasteiger partial charge in [0.25, 0.3) is 0 Å².